The van der Waals surface area contributed by atoms with Crippen LogP contribution in [0.1, 0.15) is 48.1 Å². The number of halogens is 1. The van der Waals surface area contributed by atoms with Crippen molar-refractivity contribution in [1.29, 1.82) is 0 Å². The first-order valence-corrected chi connectivity index (χ1v) is 9.63. The van der Waals surface area contributed by atoms with Gasteiger partial charge in [0.1, 0.15) is 0 Å². The Bertz CT molecular complexity index is 821. The maximum Gasteiger partial charge on any atom is 0.251 e. The lowest BCUT2D eigenvalue weighted by atomic mass is 9.81. The summed E-state index contributed by atoms with van der Waals surface area (Å²) < 4.78 is 1.74. The van der Waals surface area contributed by atoms with Gasteiger partial charge >= 0.3 is 0 Å². The number of nitrogens with zero attached hydrogens (tertiary/aromatic N) is 4. The van der Waals surface area contributed by atoms with Gasteiger partial charge in [0.25, 0.3) is 5.95 Å². The van der Waals surface area contributed by atoms with Gasteiger partial charge in [-0.2, -0.15) is 5.10 Å². The Balaban J connectivity index is 0.00000280. The smallest absolute Gasteiger partial charge is 0.251 e. The Labute approximate surface area is 173 Å². The highest BCUT2D eigenvalue weighted by Gasteiger charge is 2.27. The molecule has 3 heterocycles. The Morgan fingerprint density at radius 2 is 1.79 bits per heavy atom. The van der Waals surface area contributed by atoms with Gasteiger partial charge in [-0.3, -0.25) is 4.79 Å². The van der Waals surface area contributed by atoms with E-state index in [1.807, 2.05) is 33.8 Å². The largest absolute Gasteiger partial charge is 0.355 e. The zero-order valence-corrected chi connectivity index (χ0v) is 18.2. The van der Waals surface area contributed by atoms with Crippen LogP contribution >= 0.6 is 12.4 Å². The topological polar surface area (TPSA) is 84.7 Å². The van der Waals surface area contributed by atoms with Crippen LogP contribution in [-0.2, 0) is 11.2 Å². The van der Waals surface area contributed by atoms with Gasteiger partial charge in [0, 0.05) is 29.2 Å². The number of piperidine rings is 1. The maximum absolute atomic E-state index is 12.6. The molecule has 1 amide bonds. The minimum absolute atomic E-state index is 0. The Morgan fingerprint density at radius 1 is 1.18 bits per heavy atom. The predicted molar refractivity (Wildman–Crippen MR) is 112 cm³/mol. The molecule has 1 saturated heterocycles. The average molecular weight is 407 g/mol. The molecule has 0 spiro atoms. The first-order chi connectivity index (χ1) is 12.8. The fourth-order valence-electron chi connectivity index (χ4n) is 3.67. The molecular formula is C20H31ClN6O. The SMILES string of the molecule is Cc1cc(C)nc(-n2nc(C)c(CC(=O)NCC3(C)CCNCC3)c2C)n1.Cl. The van der Waals surface area contributed by atoms with Crippen LogP contribution in [0.3, 0.4) is 0 Å². The van der Waals surface area contributed by atoms with Crippen molar-refractivity contribution in [2.75, 3.05) is 19.6 Å². The van der Waals surface area contributed by atoms with Gasteiger partial charge in [0.2, 0.25) is 5.91 Å². The number of carbonyl (C=O) groups is 1. The summed E-state index contributed by atoms with van der Waals surface area (Å²) >= 11 is 0. The summed E-state index contributed by atoms with van der Waals surface area (Å²) in [7, 11) is 0. The van der Waals surface area contributed by atoms with Crippen molar-refractivity contribution in [1.82, 2.24) is 30.4 Å². The highest BCUT2D eigenvalue weighted by Crippen LogP contribution is 2.26. The molecule has 0 bridgehead atoms. The molecule has 0 atom stereocenters. The lowest BCUT2D eigenvalue weighted by molar-refractivity contribution is -0.121. The first-order valence-electron chi connectivity index (χ1n) is 9.63. The summed E-state index contributed by atoms with van der Waals surface area (Å²) in [5, 5.41) is 11.1. The third-order valence-electron chi connectivity index (χ3n) is 5.46. The normalized spacial score (nSPS) is 15.8. The molecule has 1 aliphatic heterocycles. The van der Waals surface area contributed by atoms with Gasteiger partial charge in [0.15, 0.2) is 0 Å². The summed E-state index contributed by atoms with van der Waals surface area (Å²) in [6.07, 6.45) is 2.51. The van der Waals surface area contributed by atoms with Crippen molar-refractivity contribution >= 4 is 18.3 Å². The van der Waals surface area contributed by atoms with Gasteiger partial charge < -0.3 is 10.6 Å². The van der Waals surface area contributed by atoms with Crippen LogP contribution in [0.25, 0.3) is 5.95 Å². The van der Waals surface area contributed by atoms with Gasteiger partial charge in [0.05, 0.1) is 12.1 Å². The van der Waals surface area contributed by atoms with Crippen molar-refractivity contribution in [2.45, 2.75) is 53.9 Å². The lowest BCUT2D eigenvalue weighted by Gasteiger charge is -2.34. The number of nitrogens with one attached hydrogen (secondary N) is 2. The summed E-state index contributed by atoms with van der Waals surface area (Å²) in [5.74, 6) is 0.601. The molecular weight excluding hydrogens is 376 g/mol. The van der Waals surface area contributed by atoms with Crippen molar-refractivity contribution in [3.8, 4) is 5.95 Å². The number of rotatable bonds is 5. The lowest BCUT2D eigenvalue weighted by Crippen LogP contribution is -2.43. The third kappa shape index (κ3) is 5.08. The van der Waals surface area contributed by atoms with Crippen LogP contribution < -0.4 is 10.6 Å². The van der Waals surface area contributed by atoms with E-state index in [1.165, 1.54) is 0 Å². The van der Waals surface area contributed by atoms with Crippen molar-refractivity contribution in [3.63, 3.8) is 0 Å². The van der Waals surface area contributed by atoms with Crippen molar-refractivity contribution in [2.24, 2.45) is 5.41 Å². The molecule has 0 aliphatic carbocycles. The third-order valence-corrected chi connectivity index (χ3v) is 5.46. The minimum Gasteiger partial charge on any atom is -0.355 e. The van der Waals surface area contributed by atoms with E-state index in [2.05, 4.69) is 32.6 Å². The summed E-state index contributed by atoms with van der Waals surface area (Å²) in [6.45, 7) is 12.8. The van der Waals surface area contributed by atoms with Crippen LogP contribution in [0.2, 0.25) is 0 Å². The van der Waals surface area contributed by atoms with E-state index in [4.69, 9.17) is 0 Å². The molecule has 7 nitrogen and oxygen atoms in total. The number of aromatic nitrogens is 4. The highest BCUT2D eigenvalue weighted by molar-refractivity contribution is 5.85. The van der Waals surface area contributed by atoms with E-state index >= 15 is 0 Å². The highest BCUT2D eigenvalue weighted by atomic mass is 35.5. The second-order valence-electron chi connectivity index (χ2n) is 8.03. The Morgan fingerprint density at radius 3 is 2.39 bits per heavy atom. The number of hydrogen-bond donors (Lipinski definition) is 2. The van der Waals surface area contributed by atoms with Crippen LogP contribution in [-0.4, -0.2) is 45.3 Å². The molecule has 0 radical (unpaired) electrons. The number of aryl methyl sites for hydroxylation is 3. The van der Waals surface area contributed by atoms with Crippen LogP contribution in [0, 0.1) is 33.1 Å². The zero-order chi connectivity index (χ0) is 19.6. The molecule has 2 aromatic heterocycles. The monoisotopic (exact) mass is 406 g/mol. The fraction of sp³-hybridized carbons (Fsp3) is 0.600. The van der Waals surface area contributed by atoms with E-state index in [9.17, 15) is 4.79 Å². The minimum atomic E-state index is 0. The van der Waals surface area contributed by atoms with Crippen molar-refractivity contribution < 1.29 is 4.79 Å². The number of carbonyl (C=O) groups excluding carboxylic acids is 1. The van der Waals surface area contributed by atoms with E-state index in [0.717, 1.165) is 60.8 Å². The standard InChI is InChI=1S/C20H30N6O.ClH/c1-13-10-14(2)24-19(23-13)26-16(4)17(15(3)25-26)11-18(27)22-12-20(5)6-8-21-9-7-20;/h10,21H,6-9,11-12H2,1-5H3,(H,22,27);1H. The molecule has 154 valence electrons. The van der Waals surface area contributed by atoms with Gasteiger partial charge in [-0.15, -0.1) is 12.4 Å². The molecule has 3 rings (SSSR count). The second-order valence-corrected chi connectivity index (χ2v) is 8.03. The Kier molecular flexibility index (Phi) is 7.17. The quantitative estimate of drug-likeness (QED) is 0.796. The molecule has 1 aliphatic rings. The molecule has 2 N–H and O–H groups in total. The van der Waals surface area contributed by atoms with Gasteiger partial charge in [-0.1, -0.05) is 6.92 Å². The van der Waals surface area contributed by atoms with E-state index in [1.54, 1.807) is 4.68 Å². The molecule has 0 aromatic carbocycles. The molecule has 28 heavy (non-hydrogen) atoms. The van der Waals surface area contributed by atoms with Crippen LogP contribution in [0.4, 0.5) is 0 Å². The first kappa shape index (κ1) is 22.3. The van der Waals surface area contributed by atoms with E-state index < -0.39 is 0 Å². The van der Waals surface area contributed by atoms with Crippen LogP contribution in [0.15, 0.2) is 6.07 Å². The predicted octanol–water partition coefficient (Wildman–Crippen LogP) is 2.37. The molecule has 8 heteroatoms. The zero-order valence-electron chi connectivity index (χ0n) is 17.4. The summed E-state index contributed by atoms with van der Waals surface area (Å²) in [5.41, 5.74) is 4.70. The summed E-state index contributed by atoms with van der Waals surface area (Å²) in [6, 6.07) is 1.94. The van der Waals surface area contributed by atoms with Gasteiger partial charge in [-0.25, -0.2) is 14.6 Å². The number of amides is 1. The molecule has 1 fully saturated rings. The van der Waals surface area contributed by atoms with E-state index in [0.29, 0.717) is 12.4 Å². The second kappa shape index (κ2) is 9.01. The van der Waals surface area contributed by atoms with Crippen molar-refractivity contribution in [3.05, 3.63) is 34.4 Å². The Hall–Kier alpha value is -1.99. The molecule has 0 saturated carbocycles. The van der Waals surface area contributed by atoms with Gasteiger partial charge in [-0.05, 0) is 65.1 Å². The van der Waals surface area contributed by atoms with Crippen LogP contribution in [0.5, 0.6) is 0 Å². The fourth-order valence-corrected chi connectivity index (χ4v) is 3.67. The summed E-state index contributed by atoms with van der Waals surface area (Å²) in [4.78, 5) is 21.5. The maximum atomic E-state index is 12.6. The molecule has 0 unspecified atom stereocenters. The number of hydrogen-bond acceptors (Lipinski definition) is 5. The molecule has 2 aromatic rings. The average Bonchev–Trinajstić information content (AvgIpc) is 2.88. The van der Waals surface area contributed by atoms with E-state index in [-0.39, 0.29) is 23.7 Å².